The highest BCUT2D eigenvalue weighted by atomic mass is 16.5. The van der Waals surface area contributed by atoms with E-state index in [2.05, 4.69) is 5.32 Å². The smallest absolute Gasteiger partial charge is 0.0897 e. The fourth-order valence-electron chi connectivity index (χ4n) is 2.12. The molecule has 0 radical (unpaired) electrons. The first kappa shape index (κ1) is 12.9. The minimum Gasteiger partial charge on any atom is -0.396 e. The van der Waals surface area contributed by atoms with Crippen molar-refractivity contribution in [1.29, 1.82) is 0 Å². The molecule has 3 atom stereocenters. The van der Waals surface area contributed by atoms with E-state index in [1.807, 2.05) is 6.92 Å². The molecule has 4 heteroatoms. The van der Waals surface area contributed by atoms with E-state index in [1.54, 1.807) is 0 Å². The Kier molecular flexibility index (Phi) is 6.17. The summed E-state index contributed by atoms with van der Waals surface area (Å²) in [5.74, 6) is 0.365. The third-order valence-electron chi connectivity index (χ3n) is 3.02. The van der Waals surface area contributed by atoms with Crippen molar-refractivity contribution in [2.45, 2.75) is 38.3 Å². The lowest BCUT2D eigenvalue weighted by Gasteiger charge is -2.21. The van der Waals surface area contributed by atoms with E-state index < -0.39 is 6.10 Å². The van der Waals surface area contributed by atoms with Gasteiger partial charge in [-0.25, -0.2) is 0 Å². The van der Waals surface area contributed by atoms with Gasteiger partial charge in [-0.1, -0.05) is 6.42 Å². The van der Waals surface area contributed by atoms with Crippen molar-refractivity contribution in [3.8, 4) is 0 Å². The molecule has 4 nitrogen and oxygen atoms in total. The fourth-order valence-corrected chi connectivity index (χ4v) is 2.12. The molecule has 1 fully saturated rings. The van der Waals surface area contributed by atoms with E-state index in [1.165, 1.54) is 6.42 Å². The zero-order valence-corrected chi connectivity index (χ0v) is 9.48. The maximum Gasteiger partial charge on any atom is 0.0897 e. The van der Waals surface area contributed by atoms with Crippen LogP contribution in [0.1, 0.15) is 26.2 Å². The topological polar surface area (TPSA) is 61.7 Å². The predicted octanol–water partition coefficient (Wildman–Crippen LogP) is 0.134. The highest BCUT2D eigenvalue weighted by molar-refractivity contribution is 4.83. The standard InChI is InChI=1S/C11H23NO3/c1-2-15-8-10(14)6-12-11-5-3-4-9(11)7-13/h9-14H,2-8H2,1H3. The monoisotopic (exact) mass is 217 g/mol. The number of rotatable bonds is 7. The van der Waals surface area contributed by atoms with E-state index >= 15 is 0 Å². The largest absolute Gasteiger partial charge is 0.396 e. The lowest BCUT2D eigenvalue weighted by Crippen LogP contribution is -2.40. The molecule has 1 rings (SSSR count). The summed E-state index contributed by atoms with van der Waals surface area (Å²) in [6.45, 7) is 3.75. The Hall–Kier alpha value is -0.160. The predicted molar refractivity (Wildman–Crippen MR) is 58.7 cm³/mol. The quantitative estimate of drug-likeness (QED) is 0.567. The van der Waals surface area contributed by atoms with Crippen LogP contribution in [0.2, 0.25) is 0 Å². The van der Waals surface area contributed by atoms with Crippen LogP contribution in [0, 0.1) is 5.92 Å². The Morgan fingerprint density at radius 2 is 2.27 bits per heavy atom. The molecule has 3 N–H and O–H groups in total. The van der Waals surface area contributed by atoms with Gasteiger partial charge in [0.05, 0.1) is 12.7 Å². The van der Waals surface area contributed by atoms with E-state index in [-0.39, 0.29) is 6.61 Å². The molecule has 0 saturated heterocycles. The van der Waals surface area contributed by atoms with Gasteiger partial charge in [0.2, 0.25) is 0 Å². The van der Waals surface area contributed by atoms with E-state index in [0.29, 0.717) is 31.7 Å². The van der Waals surface area contributed by atoms with Crippen LogP contribution in [-0.2, 0) is 4.74 Å². The molecule has 0 aromatic rings. The molecule has 0 heterocycles. The molecule has 1 aliphatic rings. The second kappa shape index (κ2) is 7.17. The van der Waals surface area contributed by atoms with Crippen LogP contribution in [0.5, 0.6) is 0 Å². The van der Waals surface area contributed by atoms with Crippen LogP contribution in [0.15, 0.2) is 0 Å². The van der Waals surface area contributed by atoms with Gasteiger partial charge in [-0.15, -0.1) is 0 Å². The molecule has 3 unspecified atom stereocenters. The molecule has 0 spiro atoms. The number of hydrogen-bond donors (Lipinski definition) is 3. The number of aliphatic hydroxyl groups excluding tert-OH is 2. The SMILES string of the molecule is CCOCC(O)CNC1CCCC1CO. The van der Waals surface area contributed by atoms with Crippen LogP contribution < -0.4 is 5.32 Å². The third kappa shape index (κ3) is 4.47. The molecule has 0 bridgehead atoms. The molecular formula is C11H23NO3. The summed E-state index contributed by atoms with van der Waals surface area (Å²) < 4.78 is 5.12. The van der Waals surface area contributed by atoms with Crippen molar-refractivity contribution < 1.29 is 14.9 Å². The van der Waals surface area contributed by atoms with Gasteiger partial charge in [-0.2, -0.15) is 0 Å². The maximum atomic E-state index is 9.55. The average Bonchev–Trinajstić information content (AvgIpc) is 2.70. The molecular weight excluding hydrogens is 194 g/mol. The summed E-state index contributed by atoms with van der Waals surface area (Å²) in [4.78, 5) is 0. The van der Waals surface area contributed by atoms with E-state index in [0.717, 1.165) is 12.8 Å². The van der Waals surface area contributed by atoms with Crippen LogP contribution >= 0.6 is 0 Å². The van der Waals surface area contributed by atoms with E-state index in [9.17, 15) is 5.11 Å². The Morgan fingerprint density at radius 3 is 2.93 bits per heavy atom. The molecule has 0 aliphatic heterocycles. The van der Waals surface area contributed by atoms with Crippen LogP contribution in [-0.4, -0.2) is 48.7 Å². The molecule has 1 saturated carbocycles. The highest BCUT2D eigenvalue weighted by Gasteiger charge is 2.26. The van der Waals surface area contributed by atoms with Gasteiger partial charge >= 0.3 is 0 Å². The van der Waals surface area contributed by atoms with Crippen molar-refractivity contribution in [3.63, 3.8) is 0 Å². The van der Waals surface area contributed by atoms with Gasteiger partial charge in [0, 0.05) is 25.8 Å². The summed E-state index contributed by atoms with van der Waals surface area (Å²) >= 11 is 0. The summed E-state index contributed by atoms with van der Waals surface area (Å²) in [6, 6.07) is 0.367. The zero-order valence-electron chi connectivity index (χ0n) is 9.48. The van der Waals surface area contributed by atoms with Crippen LogP contribution in [0.4, 0.5) is 0 Å². The van der Waals surface area contributed by atoms with Crippen molar-refractivity contribution in [3.05, 3.63) is 0 Å². The number of nitrogens with one attached hydrogen (secondary N) is 1. The highest BCUT2D eigenvalue weighted by Crippen LogP contribution is 2.24. The summed E-state index contributed by atoms with van der Waals surface area (Å²) in [7, 11) is 0. The first-order chi connectivity index (χ1) is 7.27. The van der Waals surface area contributed by atoms with Crippen molar-refractivity contribution >= 4 is 0 Å². The van der Waals surface area contributed by atoms with Gasteiger partial charge < -0.3 is 20.3 Å². The van der Waals surface area contributed by atoms with Gasteiger partial charge in [-0.3, -0.25) is 0 Å². The fraction of sp³-hybridized carbons (Fsp3) is 1.00. The first-order valence-corrected chi connectivity index (χ1v) is 5.88. The average molecular weight is 217 g/mol. The summed E-state index contributed by atoms with van der Waals surface area (Å²) in [5, 5.41) is 22.0. The second-order valence-electron chi connectivity index (χ2n) is 4.20. The molecule has 15 heavy (non-hydrogen) atoms. The zero-order chi connectivity index (χ0) is 11.1. The summed E-state index contributed by atoms with van der Waals surface area (Å²) in [5.41, 5.74) is 0. The summed E-state index contributed by atoms with van der Waals surface area (Å²) in [6.07, 6.45) is 2.93. The normalized spacial score (nSPS) is 28.2. The van der Waals surface area contributed by atoms with Gasteiger partial charge in [0.25, 0.3) is 0 Å². The minimum atomic E-state index is -0.440. The first-order valence-electron chi connectivity index (χ1n) is 5.88. The molecule has 90 valence electrons. The van der Waals surface area contributed by atoms with Crippen molar-refractivity contribution in [1.82, 2.24) is 5.32 Å². The molecule has 0 amide bonds. The van der Waals surface area contributed by atoms with E-state index in [4.69, 9.17) is 9.84 Å². The molecule has 0 aromatic heterocycles. The van der Waals surface area contributed by atoms with Crippen LogP contribution in [0.25, 0.3) is 0 Å². The number of aliphatic hydroxyl groups is 2. The van der Waals surface area contributed by atoms with Crippen molar-refractivity contribution in [2.24, 2.45) is 5.92 Å². The molecule has 0 aromatic carbocycles. The minimum absolute atomic E-state index is 0.249. The third-order valence-corrected chi connectivity index (χ3v) is 3.02. The van der Waals surface area contributed by atoms with Crippen LogP contribution in [0.3, 0.4) is 0 Å². The number of ether oxygens (including phenoxy) is 1. The Morgan fingerprint density at radius 1 is 1.47 bits per heavy atom. The molecule has 1 aliphatic carbocycles. The van der Waals surface area contributed by atoms with Gasteiger partial charge in [0.15, 0.2) is 0 Å². The Bertz CT molecular complexity index is 166. The maximum absolute atomic E-state index is 9.55. The Labute approximate surface area is 91.6 Å². The Balaban J connectivity index is 2.12. The second-order valence-corrected chi connectivity index (χ2v) is 4.20. The van der Waals surface area contributed by atoms with Gasteiger partial charge in [0.1, 0.15) is 0 Å². The van der Waals surface area contributed by atoms with Gasteiger partial charge in [-0.05, 0) is 25.7 Å². The van der Waals surface area contributed by atoms with Crippen molar-refractivity contribution in [2.75, 3.05) is 26.4 Å². The lowest BCUT2D eigenvalue weighted by atomic mass is 10.1. The number of hydrogen-bond acceptors (Lipinski definition) is 4. The lowest BCUT2D eigenvalue weighted by molar-refractivity contribution is 0.0400.